The maximum atomic E-state index is 12.8. The summed E-state index contributed by atoms with van der Waals surface area (Å²) < 4.78 is 90.1. The van der Waals surface area contributed by atoms with Crippen molar-refractivity contribution >= 4 is 17.6 Å². The number of hydrogen-bond acceptors (Lipinski definition) is 4. The van der Waals surface area contributed by atoms with Crippen molar-refractivity contribution in [1.29, 1.82) is 0 Å². The van der Waals surface area contributed by atoms with Crippen LogP contribution in [0, 0.1) is 5.92 Å². The Labute approximate surface area is 196 Å². The number of hydrogen-bond donors (Lipinski definition) is 0. The van der Waals surface area contributed by atoms with Gasteiger partial charge in [0.15, 0.2) is 6.61 Å². The van der Waals surface area contributed by atoms with E-state index in [-0.39, 0.29) is 46.1 Å². The number of benzene rings is 2. The lowest BCUT2D eigenvalue weighted by molar-refractivity contribution is -0.274. The van der Waals surface area contributed by atoms with Gasteiger partial charge in [-0.2, -0.15) is 13.2 Å². The number of carbonyl (C=O) groups is 1. The van der Waals surface area contributed by atoms with Crippen LogP contribution in [0.5, 0.6) is 11.5 Å². The van der Waals surface area contributed by atoms with Crippen LogP contribution in [0.3, 0.4) is 0 Å². The van der Waals surface area contributed by atoms with Crippen molar-refractivity contribution in [2.24, 2.45) is 5.92 Å². The number of rotatable bonds is 8. The van der Waals surface area contributed by atoms with Crippen molar-refractivity contribution in [1.82, 2.24) is 0 Å². The molecule has 3 atom stereocenters. The second kappa shape index (κ2) is 9.93. The largest absolute Gasteiger partial charge is 0.573 e. The highest BCUT2D eigenvalue weighted by Crippen LogP contribution is 2.54. The molecule has 186 valence electrons. The average Bonchev–Trinajstić information content (AvgIpc) is 3.43. The molecule has 3 rings (SSSR count). The van der Waals surface area contributed by atoms with Crippen LogP contribution in [0.15, 0.2) is 36.4 Å². The molecule has 2 aromatic rings. The number of carbonyl (C=O) groups excluding carboxylic acids is 1. The quantitative estimate of drug-likeness (QED) is 0.276. The predicted molar refractivity (Wildman–Crippen MR) is 112 cm³/mol. The zero-order valence-electron chi connectivity index (χ0n) is 18.1. The summed E-state index contributed by atoms with van der Waals surface area (Å²) in [5, 5.41) is -0.102. The van der Waals surface area contributed by atoms with E-state index in [1.807, 2.05) is 6.92 Å². The van der Waals surface area contributed by atoms with Crippen molar-refractivity contribution in [3.63, 3.8) is 0 Å². The van der Waals surface area contributed by atoms with E-state index >= 15 is 0 Å². The molecule has 0 aliphatic heterocycles. The zero-order valence-corrected chi connectivity index (χ0v) is 18.9. The van der Waals surface area contributed by atoms with E-state index in [4.69, 9.17) is 21.1 Å². The first-order valence-corrected chi connectivity index (χ1v) is 10.8. The fourth-order valence-electron chi connectivity index (χ4n) is 3.82. The van der Waals surface area contributed by atoms with Crippen molar-refractivity contribution in [2.45, 2.75) is 51.2 Å². The fourth-order valence-corrected chi connectivity index (χ4v) is 4.10. The van der Waals surface area contributed by atoms with Crippen molar-refractivity contribution in [3.8, 4) is 22.6 Å². The number of esters is 1. The number of ether oxygens (including phenoxy) is 3. The Bertz CT molecular complexity index is 1020. The summed E-state index contributed by atoms with van der Waals surface area (Å²) in [6.07, 6.45) is -9.03. The molecule has 0 spiro atoms. The molecular formula is C23H21ClF6O4. The molecule has 0 amide bonds. The summed E-state index contributed by atoms with van der Waals surface area (Å²) in [6.45, 7) is 1.97. The summed E-state index contributed by atoms with van der Waals surface area (Å²) in [6, 6.07) is 7.62. The maximum Gasteiger partial charge on any atom is 0.573 e. The molecule has 0 heterocycles. The molecule has 0 aromatic heterocycles. The molecule has 0 bridgehead atoms. The van der Waals surface area contributed by atoms with Gasteiger partial charge in [-0.3, -0.25) is 4.79 Å². The first-order valence-electron chi connectivity index (χ1n) is 10.4. The van der Waals surface area contributed by atoms with Gasteiger partial charge in [-0.15, -0.1) is 13.2 Å². The molecule has 0 saturated heterocycles. The van der Waals surface area contributed by atoms with Gasteiger partial charge in [0.25, 0.3) is 0 Å². The van der Waals surface area contributed by atoms with E-state index in [9.17, 15) is 31.1 Å². The fraction of sp³-hybridized carbons (Fsp3) is 0.435. The lowest BCUT2D eigenvalue weighted by Crippen LogP contribution is -2.19. The van der Waals surface area contributed by atoms with Crippen LogP contribution in [0.2, 0.25) is 5.02 Å². The monoisotopic (exact) mass is 510 g/mol. The molecule has 3 unspecified atom stereocenters. The zero-order chi connectivity index (χ0) is 25.3. The van der Waals surface area contributed by atoms with E-state index in [1.165, 1.54) is 18.2 Å². The summed E-state index contributed by atoms with van der Waals surface area (Å²) in [7, 11) is 0. The number of halogens is 7. The van der Waals surface area contributed by atoms with Crippen molar-refractivity contribution in [3.05, 3.63) is 47.0 Å². The minimum atomic E-state index is -4.89. The van der Waals surface area contributed by atoms with Gasteiger partial charge in [0.2, 0.25) is 0 Å². The molecule has 1 aliphatic rings. The van der Waals surface area contributed by atoms with E-state index < -0.39 is 31.0 Å². The van der Waals surface area contributed by atoms with Crippen LogP contribution < -0.4 is 9.47 Å². The van der Waals surface area contributed by atoms with E-state index in [0.717, 1.165) is 12.1 Å². The summed E-state index contributed by atoms with van der Waals surface area (Å²) in [4.78, 5) is 11.8. The van der Waals surface area contributed by atoms with Gasteiger partial charge in [-0.05, 0) is 41.8 Å². The third-order valence-corrected chi connectivity index (χ3v) is 5.63. The van der Waals surface area contributed by atoms with Crippen LogP contribution in [0.25, 0.3) is 11.1 Å². The highest BCUT2D eigenvalue weighted by molar-refractivity contribution is 6.32. The Kier molecular flexibility index (Phi) is 7.59. The Morgan fingerprint density at radius 2 is 1.68 bits per heavy atom. The SMILES string of the molecule is CCC(=O)OC1C(CC)C1c1cc(Cl)c(OCC(F)(F)F)c(-c2ccc(OC(F)(F)F)cc2)c1. The van der Waals surface area contributed by atoms with Gasteiger partial charge in [-0.1, -0.05) is 37.6 Å². The van der Waals surface area contributed by atoms with Gasteiger partial charge in [-0.25, -0.2) is 0 Å². The Balaban J connectivity index is 1.99. The summed E-state index contributed by atoms with van der Waals surface area (Å²) >= 11 is 6.30. The minimum absolute atomic E-state index is 0.00363. The van der Waals surface area contributed by atoms with Crippen LogP contribution in [-0.2, 0) is 9.53 Å². The van der Waals surface area contributed by atoms with Gasteiger partial charge < -0.3 is 14.2 Å². The molecule has 1 aliphatic carbocycles. The molecule has 0 N–H and O–H groups in total. The molecular weight excluding hydrogens is 490 g/mol. The highest BCUT2D eigenvalue weighted by Gasteiger charge is 2.53. The third-order valence-electron chi connectivity index (χ3n) is 5.35. The molecule has 1 fully saturated rings. The molecule has 34 heavy (non-hydrogen) atoms. The van der Waals surface area contributed by atoms with E-state index in [1.54, 1.807) is 13.0 Å². The van der Waals surface area contributed by atoms with Crippen molar-refractivity contribution < 1.29 is 45.3 Å². The topological polar surface area (TPSA) is 44.8 Å². The average molecular weight is 511 g/mol. The third kappa shape index (κ3) is 6.49. The smallest absolute Gasteiger partial charge is 0.482 e. The predicted octanol–water partition coefficient (Wildman–Crippen LogP) is 7.29. The van der Waals surface area contributed by atoms with Gasteiger partial charge >= 0.3 is 18.5 Å². The Hall–Kier alpha value is -2.62. The standard InChI is InChI=1S/C23H21ClF6O4/c1-3-15-19(21(15)33-18(31)4-2)13-9-16(20(17(24)10-13)32-11-22(25,26)27)12-5-7-14(8-6-12)34-23(28,29)30/h5-10,15,19,21H,3-4,11H2,1-2H3. The Morgan fingerprint density at radius 1 is 1.03 bits per heavy atom. The van der Waals surface area contributed by atoms with E-state index in [0.29, 0.717) is 12.0 Å². The molecule has 2 aromatic carbocycles. The Morgan fingerprint density at radius 3 is 2.21 bits per heavy atom. The molecule has 11 heteroatoms. The minimum Gasteiger partial charge on any atom is -0.482 e. The first kappa shape index (κ1) is 26.0. The molecule has 4 nitrogen and oxygen atoms in total. The summed E-state index contributed by atoms with van der Waals surface area (Å²) in [5.74, 6) is -1.34. The van der Waals surface area contributed by atoms with Crippen LogP contribution >= 0.6 is 11.6 Å². The van der Waals surface area contributed by atoms with Crippen LogP contribution in [0.4, 0.5) is 26.3 Å². The normalized spacial score (nSPS) is 20.1. The van der Waals surface area contributed by atoms with Gasteiger partial charge in [0.1, 0.15) is 17.6 Å². The molecule has 0 radical (unpaired) electrons. The van der Waals surface area contributed by atoms with Gasteiger partial charge in [0.05, 0.1) is 5.02 Å². The number of alkyl halides is 6. The molecule has 1 saturated carbocycles. The lowest BCUT2D eigenvalue weighted by Gasteiger charge is -2.17. The van der Waals surface area contributed by atoms with Crippen LogP contribution in [0.1, 0.15) is 38.2 Å². The van der Waals surface area contributed by atoms with Crippen molar-refractivity contribution in [2.75, 3.05) is 6.61 Å². The summed E-state index contributed by atoms with van der Waals surface area (Å²) in [5.41, 5.74) is 1.05. The highest BCUT2D eigenvalue weighted by atomic mass is 35.5. The van der Waals surface area contributed by atoms with Gasteiger partial charge in [0, 0.05) is 23.8 Å². The maximum absolute atomic E-state index is 12.8. The lowest BCUT2D eigenvalue weighted by atomic mass is 9.98. The first-order chi connectivity index (χ1) is 15.8. The second-order valence-corrected chi connectivity index (χ2v) is 8.17. The van der Waals surface area contributed by atoms with E-state index in [2.05, 4.69) is 4.74 Å². The second-order valence-electron chi connectivity index (χ2n) is 7.76. The van der Waals surface area contributed by atoms with Crippen LogP contribution in [-0.4, -0.2) is 31.2 Å².